The maximum Gasteiger partial charge on any atom is 0.273 e. The molecule has 0 spiro atoms. The van der Waals surface area contributed by atoms with Crippen molar-refractivity contribution in [2.75, 3.05) is 5.32 Å². The number of aryl methyl sites for hydroxylation is 1. The summed E-state index contributed by atoms with van der Waals surface area (Å²) in [4.78, 5) is 39.0. The van der Waals surface area contributed by atoms with Crippen LogP contribution >= 0.6 is 0 Å². The summed E-state index contributed by atoms with van der Waals surface area (Å²) < 4.78 is 0. The first-order valence-corrected chi connectivity index (χ1v) is 12.9. The lowest BCUT2D eigenvalue weighted by Gasteiger charge is -2.52. The minimum Gasteiger partial charge on any atom is -0.324 e. The molecule has 2 N–H and O–H groups in total. The van der Waals surface area contributed by atoms with Crippen molar-refractivity contribution in [3.63, 3.8) is 0 Å². The van der Waals surface area contributed by atoms with Gasteiger partial charge in [-0.3, -0.25) is 25.2 Å². The number of benzene rings is 3. The molecule has 2 bridgehead atoms. The van der Waals surface area contributed by atoms with Gasteiger partial charge >= 0.3 is 0 Å². The van der Waals surface area contributed by atoms with Crippen molar-refractivity contribution in [3.05, 3.63) is 123 Å². The molecule has 3 aromatic carbocycles. The molecule has 192 valence electrons. The molecule has 1 atom stereocenters. The molecule has 1 unspecified atom stereocenters. The van der Waals surface area contributed by atoms with Crippen LogP contribution < -0.4 is 5.32 Å². The van der Waals surface area contributed by atoms with Gasteiger partial charge in [-0.15, -0.1) is 0 Å². The van der Waals surface area contributed by atoms with Gasteiger partial charge in [0.25, 0.3) is 5.54 Å². The third kappa shape index (κ3) is 3.14. The van der Waals surface area contributed by atoms with Crippen molar-refractivity contribution < 1.29 is 9.72 Å². The van der Waals surface area contributed by atoms with E-state index in [1.807, 2.05) is 92.7 Å². The lowest BCUT2D eigenvalue weighted by Crippen LogP contribution is -2.57. The summed E-state index contributed by atoms with van der Waals surface area (Å²) in [7, 11) is 0. The molecule has 39 heavy (non-hydrogen) atoms. The van der Waals surface area contributed by atoms with E-state index in [2.05, 4.69) is 20.3 Å². The van der Waals surface area contributed by atoms with Gasteiger partial charge in [0.15, 0.2) is 0 Å². The number of para-hydroxylation sites is 1. The molecule has 0 radical (unpaired) electrons. The highest BCUT2D eigenvalue weighted by molar-refractivity contribution is 5.97. The fourth-order valence-corrected chi connectivity index (χ4v) is 6.85. The molecule has 3 aliphatic rings. The average molecular weight is 516 g/mol. The lowest BCUT2D eigenvalue weighted by molar-refractivity contribution is -0.573. The zero-order chi connectivity index (χ0) is 26.9. The standard InChI is InChI=1S/C31H25N5O3/c1-18-15-22(19-9-5-8-14-25(19)33-18)26-16-32-29(34-26)35-28(37)30(2)17-31(36(38)39)23-12-6-3-10-20(23)27(30)21-11-4-7-13-24(21)31/h3-16,27H,17H2,1-2H3,(H2,32,34,35,37). The SMILES string of the molecule is Cc1cc(-c2cnc(NC(=O)C3(C)CC4([N+](=O)[O-])c5ccccc5C3c3ccccc34)[nH]2)c2ccccc2n1. The maximum absolute atomic E-state index is 14.1. The van der Waals surface area contributed by atoms with Gasteiger partial charge in [-0.25, -0.2) is 4.98 Å². The molecule has 0 aliphatic heterocycles. The van der Waals surface area contributed by atoms with Gasteiger partial charge in [-0.2, -0.15) is 0 Å². The van der Waals surface area contributed by atoms with Gasteiger partial charge in [-0.05, 0) is 37.1 Å². The van der Waals surface area contributed by atoms with Crippen LogP contribution in [0.15, 0.2) is 85.1 Å². The molecule has 2 heterocycles. The lowest BCUT2D eigenvalue weighted by atomic mass is 9.49. The van der Waals surface area contributed by atoms with Crippen LogP contribution in [0.3, 0.4) is 0 Å². The second kappa shape index (κ2) is 8.07. The Labute approximate surface area is 224 Å². The Morgan fingerprint density at radius 2 is 1.67 bits per heavy atom. The zero-order valence-electron chi connectivity index (χ0n) is 21.4. The van der Waals surface area contributed by atoms with Crippen LogP contribution in [0.1, 0.15) is 47.2 Å². The third-order valence-corrected chi connectivity index (χ3v) is 8.47. The summed E-state index contributed by atoms with van der Waals surface area (Å²) in [5.74, 6) is -0.333. The Balaban J connectivity index is 1.30. The molecule has 0 saturated heterocycles. The monoisotopic (exact) mass is 515 g/mol. The van der Waals surface area contributed by atoms with Crippen LogP contribution in [0.4, 0.5) is 5.95 Å². The number of imidazole rings is 1. The summed E-state index contributed by atoms with van der Waals surface area (Å²) >= 11 is 0. The number of nitrogens with zero attached hydrogens (tertiary/aromatic N) is 3. The van der Waals surface area contributed by atoms with Crippen molar-refractivity contribution in [3.8, 4) is 11.3 Å². The van der Waals surface area contributed by atoms with Crippen LogP contribution in [-0.2, 0) is 10.3 Å². The van der Waals surface area contributed by atoms with Gasteiger partial charge in [0.2, 0.25) is 11.9 Å². The molecule has 8 rings (SSSR count). The van der Waals surface area contributed by atoms with E-state index in [-0.39, 0.29) is 23.2 Å². The molecule has 0 saturated carbocycles. The first kappa shape index (κ1) is 23.3. The number of anilines is 1. The maximum atomic E-state index is 14.1. The highest BCUT2D eigenvalue weighted by Crippen LogP contribution is 2.63. The zero-order valence-corrected chi connectivity index (χ0v) is 21.4. The predicted octanol–water partition coefficient (Wildman–Crippen LogP) is 5.95. The van der Waals surface area contributed by atoms with E-state index in [9.17, 15) is 14.9 Å². The fraction of sp³-hybridized carbons (Fsp3) is 0.194. The van der Waals surface area contributed by atoms with E-state index in [0.717, 1.165) is 39.0 Å². The van der Waals surface area contributed by atoms with Gasteiger partial charge in [0.05, 0.1) is 22.8 Å². The Morgan fingerprint density at radius 3 is 2.36 bits per heavy atom. The Bertz CT molecular complexity index is 1780. The van der Waals surface area contributed by atoms with E-state index < -0.39 is 11.0 Å². The van der Waals surface area contributed by atoms with E-state index in [0.29, 0.717) is 17.1 Å². The Kier molecular flexibility index (Phi) is 4.82. The van der Waals surface area contributed by atoms with Gasteiger partial charge in [0.1, 0.15) is 0 Å². The highest BCUT2D eigenvalue weighted by Gasteiger charge is 2.67. The summed E-state index contributed by atoms with van der Waals surface area (Å²) in [6.07, 6.45) is 1.74. The third-order valence-electron chi connectivity index (χ3n) is 8.47. The number of fused-ring (bicyclic) bond motifs is 2. The summed E-state index contributed by atoms with van der Waals surface area (Å²) in [6, 6.07) is 24.8. The number of nitrogens with one attached hydrogen (secondary N) is 2. The van der Waals surface area contributed by atoms with E-state index in [1.165, 1.54) is 0 Å². The summed E-state index contributed by atoms with van der Waals surface area (Å²) in [5.41, 5.74) is 3.85. The molecular weight excluding hydrogens is 490 g/mol. The topological polar surface area (TPSA) is 114 Å². The number of aromatic nitrogens is 3. The van der Waals surface area contributed by atoms with Gasteiger partial charge < -0.3 is 4.98 Å². The molecule has 8 nitrogen and oxygen atoms in total. The summed E-state index contributed by atoms with van der Waals surface area (Å²) in [5, 5.41) is 16.8. The summed E-state index contributed by atoms with van der Waals surface area (Å²) in [6.45, 7) is 3.77. The average Bonchev–Trinajstić information content (AvgIpc) is 3.40. The molecule has 3 aliphatic carbocycles. The van der Waals surface area contributed by atoms with Crippen LogP contribution in [0, 0.1) is 22.5 Å². The Hall–Kier alpha value is -4.85. The second-order valence-electron chi connectivity index (χ2n) is 10.7. The number of carbonyl (C=O) groups excluding carboxylic acids is 1. The largest absolute Gasteiger partial charge is 0.324 e. The molecule has 1 amide bonds. The van der Waals surface area contributed by atoms with Gasteiger partial charge in [-0.1, -0.05) is 66.7 Å². The number of H-pyrrole nitrogens is 1. The van der Waals surface area contributed by atoms with Crippen molar-refractivity contribution in [1.29, 1.82) is 0 Å². The first-order chi connectivity index (χ1) is 18.8. The van der Waals surface area contributed by atoms with Crippen molar-refractivity contribution in [1.82, 2.24) is 15.0 Å². The predicted molar refractivity (Wildman–Crippen MR) is 148 cm³/mol. The number of aromatic amines is 1. The van der Waals surface area contributed by atoms with Gasteiger partial charge in [0, 0.05) is 45.0 Å². The number of nitro groups is 1. The Morgan fingerprint density at radius 1 is 1.03 bits per heavy atom. The number of rotatable bonds is 4. The molecular formula is C31H25N5O3. The van der Waals surface area contributed by atoms with Crippen LogP contribution in [-0.4, -0.2) is 25.8 Å². The van der Waals surface area contributed by atoms with E-state index in [1.54, 1.807) is 6.20 Å². The smallest absolute Gasteiger partial charge is 0.273 e. The number of carbonyl (C=O) groups is 1. The molecule has 8 heteroatoms. The number of hydrogen-bond acceptors (Lipinski definition) is 5. The quantitative estimate of drug-likeness (QED) is 0.227. The van der Waals surface area contributed by atoms with Crippen molar-refractivity contribution >= 4 is 22.8 Å². The van der Waals surface area contributed by atoms with Crippen LogP contribution in [0.25, 0.3) is 22.2 Å². The van der Waals surface area contributed by atoms with Crippen molar-refractivity contribution in [2.24, 2.45) is 5.41 Å². The van der Waals surface area contributed by atoms with Crippen LogP contribution in [0.5, 0.6) is 0 Å². The number of pyridine rings is 1. The fourth-order valence-electron chi connectivity index (χ4n) is 6.85. The highest BCUT2D eigenvalue weighted by atomic mass is 16.6. The normalized spacial score (nSPS) is 22.8. The first-order valence-electron chi connectivity index (χ1n) is 12.9. The molecule has 5 aromatic rings. The van der Waals surface area contributed by atoms with Crippen LogP contribution in [0.2, 0.25) is 0 Å². The minimum absolute atomic E-state index is 0.0548. The molecule has 2 aromatic heterocycles. The number of amides is 1. The second-order valence-corrected chi connectivity index (χ2v) is 10.7. The van der Waals surface area contributed by atoms with E-state index in [4.69, 9.17) is 0 Å². The number of hydrogen-bond donors (Lipinski definition) is 2. The van der Waals surface area contributed by atoms with E-state index >= 15 is 0 Å². The minimum atomic E-state index is -1.50. The molecule has 0 fully saturated rings. The van der Waals surface area contributed by atoms with Crippen molar-refractivity contribution in [2.45, 2.75) is 31.7 Å².